The SMILES string of the molecule is COc1ccc(S(=O)(=O)NCC(=O)NCCOc2ccc(C)cc2)cc1. The van der Waals surface area contributed by atoms with Gasteiger partial charge in [-0.2, -0.15) is 0 Å². The lowest BCUT2D eigenvalue weighted by Gasteiger charge is -2.09. The van der Waals surface area contributed by atoms with Gasteiger partial charge in [-0.25, -0.2) is 13.1 Å². The predicted octanol–water partition coefficient (Wildman–Crippen LogP) is 1.48. The maximum Gasteiger partial charge on any atom is 0.241 e. The molecule has 0 aliphatic rings. The largest absolute Gasteiger partial charge is 0.497 e. The Bertz CT molecular complexity index is 818. The van der Waals surface area contributed by atoms with Crippen LogP contribution in [0.1, 0.15) is 5.56 Å². The molecule has 2 N–H and O–H groups in total. The van der Waals surface area contributed by atoms with E-state index in [9.17, 15) is 13.2 Å². The molecule has 0 aliphatic heterocycles. The smallest absolute Gasteiger partial charge is 0.241 e. The van der Waals surface area contributed by atoms with Gasteiger partial charge in [0.15, 0.2) is 0 Å². The van der Waals surface area contributed by atoms with E-state index in [0.717, 1.165) is 5.56 Å². The Morgan fingerprint density at radius 3 is 2.23 bits per heavy atom. The summed E-state index contributed by atoms with van der Waals surface area (Å²) >= 11 is 0. The van der Waals surface area contributed by atoms with E-state index >= 15 is 0 Å². The van der Waals surface area contributed by atoms with Crippen LogP contribution in [-0.4, -0.2) is 41.1 Å². The zero-order valence-electron chi connectivity index (χ0n) is 14.7. The summed E-state index contributed by atoms with van der Waals surface area (Å²) in [5.41, 5.74) is 1.13. The van der Waals surface area contributed by atoms with Crippen LogP contribution in [0.3, 0.4) is 0 Å². The van der Waals surface area contributed by atoms with E-state index in [1.807, 2.05) is 31.2 Å². The Morgan fingerprint density at radius 2 is 1.62 bits per heavy atom. The van der Waals surface area contributed by atoms with Gasteiger partial charge >= 0.3 is 0 Å². The molecule has 1 amide bonds. The summed E-state index contributed by atoms with van der Waals surface area (Å²) in [5, 5.41) is 2.60. The highest BCUT2D eigenvalue weighted by atomic mass is 32.2. The van der Waals surface area contributed by atoms with Gasteiger partial charge in [0.05, 0.1) is 25.1 Å². The van der Waals surface area contributed by atoms with Gasteiger partial charge in [0, 0.05) is 0 Å². The third-order valence-corrected chi connectivity index (χ3v) is 4.92. The molecule has 0 heterocycles. The molecule has 7 nitrogen and oxygen atoms in total. The number of hydrogen-bond acceptors (Lipinski definition) is 5. The number of sulfonamides is 1. The van der Waals surface area contributed by atoms with Crippen LogP contribution in [0.15, 0.2) is 53.4 Å². The van der Waals surface area contributed by atoms with Gasteiger partial charge in [-0.3, -0.25) is 4.79 Å². The minimum atomic E-state index is -3.76. The molecule has 0 radical (unpaired) electrons. The first-order valence-corrected chi connectivity index (χ1v) is 9.49. The van der Waals surface area contributed by atoms with E-state index in [-0.39, 0.29) is 18.0 Å². The summed E-state index contributed by atoms with van der Waals surface area (Å²) in [7, 11) is -2.26. The molecule has 0 unspecified atom stereocenters. The number of hydrogen-bond donors (Lipinski definition) is 2. The van der Waals surface area contributed by atoms with Gasteiger partial charge in [-0.1, -0.05) is 17.7 Å². The van der Waals surface area contributed by atoms with Gasteiger partial charge in [0.1, 0.15) is 18.1 Å². The second kappa shape index (κ2) is 9.21. The number of rotatable bonds is 9. The molecular weight excluding hydrogens is 356 g/mol. The van der Waals surface area contributed by atoms with Crippen molar-refractivity contribution in [1.82, 2.24) is 10.0 Å². The van der Waals surface area contributed by atoms with E-state index in [4.69, 9.17) is 9.47 Å². The molecule has 0 spiro atoms. The second-order valence-electron chi connectivity index (χ2n) is 5.51. The van der Waals surface area contributed by atoms with Crippen molar-refractivity contribution in [3.63, 3.8) is 0 Å². The third kappa shape index (κ3) is 6.05. The number of carbonyl (C=O) groups is 1. The lowest BCUT2D eigenvalue weighted by molar-refractivity contribution is -0.120. The van der Waals surface area contributed by atoms with Gasteiger partial charge in [-0.05, 0) is 43.3 Å². The average molecular weight is 378 g/mol. The Kier molecular flexibility index (Phi) is 6.99. The van der Waals surface area contributed by atoms with E-state index in [1.165, 1.54) is 31.4 Å². The summed E-state index contributed by atoms with van der Waals surface area (Å²) in [6, 6.07) is 13.5. The number of carbonyl (C=O) groups excluding carboxylic acids is 1. The van der Waals surface area contributed by atoms with Gasteiger partial charge < -0.3 is 14.8 Å². The van der Waals surface area contributed by atoms with Gasteiger partial charge in [-0.15, -0.1) is 0 Å². The normalized spacial score (nSPS) is 11.0. The lowest BCUT2D eigenvalue weighted by atomic mass is 10.2. The van der Waals surface area contributed by atoms with Crippen LogP contribution in [0.2, 0.25) is 0 Å². The molecule has 2 rings (SSSR count). The Morgan fingerprint density at radius 1 is 1.00 bits per heavy atom. The van der Waals surface area contributed by atoms with E-state index in [2.05, 4.69) is 10.0 Å². The maximum absolute atomic E-state index is 12.1. The standard InChI is InChI=1S/C18H22N2O5S/c1-14-3-5-16(6-4-14)25-12-11-19-18(21)13-20-26(22,23)17-9-7-15(24-2)8-10-17/h3-10,20H,11-13H2,1-2H3,(H,19,21). The van der Waals surface area contributed by atoms with Crippen LogP contribution in [0, 0.1) is 6.92 Å². The summed E-state index contributed by atoms with van der Waals surface area (Å²) in [4.78, 5) is 11.8. The molecule has 8 heteroatoms. The van der Waals surface area contributed by atoms with Crippen molar-refractivity contribution >= 4 is 15.9 Å². The number of amides is 1. The second-order valence-corrected chi connectivity index (χ2v) is 7.28. The first-order valence-electron chi connectivity index (χ1n) is 8.00. The minimum absolute atomic E-state index is 0.0637. The van der Waals surface area contributed by atoms with E-state index in [1.54, 1.807) is 0 Å². The van der Waals surface area contributed by atoms with Crippen LogP contribution < -0.4 is 19.5 Å². The van der Waals surface area contributed by atoms with Crippen LogP contribution in [-0.2, 0) is 14.8 Å². The number of aryl methyl sites for hydroxylation is 1. The average Bonchev–Trinajstić information content (AvgIpc) is 2.65. The van der Waals surface area contributed by atoms with E-state index in [0.29, 0.717) is 18.1 Å². The first-order chi connectivity index (χ1) is 12.4. The molecule has 0 saturated carbocycles. The topological polar surface area (TPSA) is 93.7 Å². The summed E-state index contributed by atoms with van der Waals surface area (Å²) in [5.74, 6) is 0.829. The van der Waals surface area contributed by atoms with Crippen molar-refractivity contribution in [2.45, 2.75) is 11.8 Å². The van der Waals surface area contributed by atoms with Gasteiger partial charge in [0.2, 0.25) is 15.9 Å². The molecule has 0 fully saturated rings. The summed E-state index contributed by atoms with van der Waals surface area (Å²) in [6.07, 6.45) is 0. The molecule has 0 aliphatic carbocycles. The highest BCUT2D eigenvalue weighted by molar-refractivity contribution is 7.89. The fourth-order valence-corrected chi connectivity index (χ4v) is 3.04. The fraction of sp³-hybridized carbons (Fsp3) is 0.278. The number of ether oxygens (including phenoxy) is 2. The molecular formula is C18H22N2O5S. The number of nitrogens with one attached hydrogen (secondary N) is 2. The van der Waals surface area contributed by atoms with Crippen molar-refractivity contribution in [2.24, 2.45) is 0 Å². The molecule has 0 atom stereocenters. The highest BCUT2D eigenvalue weighted by Crippen LogP contribution is 2.15. The quantitative estimate of drug-likeness (QED) is 0.645. The number of methoxy groups -OCH3 is 1. The summed E-state index contributed by atoms with van der Waals surface area (Å²) in [6.45, 7) is 2.20. The molecule has 0 saturated heterocycles. The van der Waals surface area contributed by atoms with Crippen LogP contribution >= 0.6 is 0 Å². The predicted molar refractivity (Wildman–Crippen MR) is 97.9 cm³/mol. The summed E-state index contributed by atoms with van der Waals surface area (Å²) < 4.78 is 37.0. The third-order valence-electron chi connectivity index (χ3n) is 3.51. The zero-order valence-corrected chi connectivity index (χ0v) is 15.5. The molecule has 2 aromatic carbocycles. The Balaban J connectivity index is 1.72. The van der Waals surface area contributed by atoms with Crippen molar-refractivity contribution < 1.29 is 22.7 Å². The monoisotopic (exact) mass is 378 g/mol. The van der Waals surface area contributed by atoms with Crippen LogP contribution in [0.25, 0.3) is 0 Å². The van der Waals surface area contributed by atoms with Crippen molar-refractivity contribution in [3.05, 3.63) is 54.1 Å². The van der Waals surface area contributed by atoms with Crippen molar-refractivity contribution in [2.75, 3.05) is 26.8 Å². The molecule has 0 bridgehead atoms. The fourth-order valence-electron chi connectivity index (χ4n) is 2.06. The van der Waals surface area contributed by atoms with E-state index < -0.39 is 15.9 Å². The number of benzene rings is 2. The Labute approximate surface area is 153 Å². The molecule has 26 heavy (non-hydrogen) atoms. The van der Waals surface area contributed by atoms with Crippen LogP contribution in [0.5, 0.6) is 11.5 Å². The maximum atomic E-state index is 12.1. The van der Waals surface area contributed by atoms with Gasteiger partial charge in [0.25, 0.3) is 0 Å². The molecule has 2 aromatic rings. The lowest BCUT2D eigenvalue weighted by Crippen LogP contribution is -2.38. The zero-order chi connectivity index (χ0) is 19.0. The molecule has 0 aromatic heterocycles. The molecule has 140 valence electrons. The first kappa shape index (κ1) is 19.7. The van der Waals surface area contributed by atoms with Crippen LogP contribution in [0.4, 0.5) is 0 Å². The van der Waals surface area contributed by atoms with Crippen molar-refractivity contribution in [1.29, 1.82) is 0 Å². The minimum Gasteiger partial charge on any atom is -0.497 e. The van der Waals surface area contributed by atoms with Crippen molar-refractivity contribution in [3.8, 4) is 11.5 Å². The highest BCUT2D eigenvalue weighted by Gasteiger charge is 2.15. The Hall–Kier alpha value is -2.58.